The lowest BCUT2D eigenvalue weighted by molar-refractivity contribution is 0.0730. The molecule has 6 nitrogen and oxygen atoms in total. The van der Waals surface area contributed by atoms with Crippen LogP contribution in [0.3, 0.4) is 0 Å². The van der Waals surface area contributed by atoms with Crippen LogP contribution in [0.15, 0.2) is 47.4 Å². The molecule has 0 spiro atoms. The molecule has 0 amide bonds. The Kier molecular flexibility index (Phi) is 8.52. The van der Waals surface area contributed by atoms with Crippen molar-refractivity contribution < 1.29 is 13.2 Å². The number of nitrogens with zero attached hydrogens (tertiary/aromatic N) is 1. The maximum Gasteiger partial charge on any atom is 0.243 e. The number of benzene rings is 2. The fourth-order valence-electron chi connectivity index (χ4n) is 3.55. The molecule has 0 saturated carbocycles. The second-order valence-electron chi connectivity index (χ2n) is 8.32. The van der Waals surface area contributed by atoms with Crippen LogP contribution in [-0.4, -0.2) is 44.1 Å². The highest BCUT2D eigenvalue weighted by Gasteiger charge is 2.27. The van der Waals surface area contributed by atoms with Crippen molar-refractivity contribution in [3.63, 3.8) is 0 Å². The second-order valence-corrected chi connectivity index (χ2v) is 11.1. The van der Waals surface area contributed by atoms with Crippen molar-refractivity contribution in [1.29, 1.82) is 0 Å². The van der Waals surface area contributed by atoms with Crippen LogP contribution in [0.25, 0.3) is 0 Å². The maximum absolute atomic E-state index is 12.9. The van der Waals surface area contributed by atoms with Gasteiger partial charge in [0.1, 0.15) is 0 Å². The molecule has 174 valence electrons. The molecule has 1 atom stereocenters. The second kappa shape index (κ2) is 10.9. The molecule has 0 radical (unpaired) electrons. The number of nitrogens with one attached hydrogen (secondary N) is 2. The molecule has 2 aromatic carbocycles. The van der Waals surface area contributed by atoms with Gasteiger partial charge in [-0.15, -0.1) is 0 Å². The fourth-order valence-corrected chi connectivity index (χ4v) is 5.44. The lowest BCUT2D eigenvalue weighted by Crippen LogP contribution is -2.40. The van der Waals surface area contributed by atoms with E-state index in [1.165, 1.54) is 22.0 Å². The van der Waals surface area contributed by atoms with Gasteiger partial charge < -0.3 is 15.4 Å². The Morgan fingerprint density at radius 2 is 1.78 bits per heavy atom. The van der Waals surface area contributed by atoms with Gasteiger partial charge in [0.15, 0.2) is 5.11 Å². The van der Waals surface area contributed by atoms with E-state index in [0.29, 0.717) is 48.0 Å². The summed E-state index contributed by atoms with van der Waals surface area (Å²) >= 11 is 11.8. The largest absolute Gasteiger partial charge is 0.379 e. The molecule has 3 rings (SSSR count). The molecule has 0 aromatic heterocycles. The number of thiocarbonyl (C=S) groups is 1. The van der Waals surface area contributed by atoms with E-state index in [0.717, 1.165) is 12.0 Å². The van der Waals surface area contributed by atoms with Crippen LogP contribution in [-0.2, 0) is 21.2 Å². The minimum absolute atomic E-state index is 0.0258. The molecular weight excluding hydrogens is 466 g/mol. The highest BCUT2D eigenvalue weighted by atomic mass is 35.5. The Morgan fingerprint density at radius 3 is 2.41 bits per heavy atom. The molecule has 1 unspecified atom stereocenters. The summed E-state index contributed by atoms with van der Waals surface area (Å²) in [4.78, 5) is 0.169. The van der Waals surface area contributed by atoms with Gasteiger partial charge in [-0.25, -0.2) is 8.42 Å². The molecule has 0 aliphatic carbocycles. The SMILES string of the molecule is CC(C)Cc1ccc(C(C)NC(=S)Nc2cc(S(=O)(=O)N3CCOCC3)ccc2Cl)cc1. The zero-order valence-corrected chi connectivity index (χ0v) is 21.0. The summed E-state index contributed by atoms with van der Waals surface area (Å²) in [6.45, 7) is 7.88. The monoisotopic (exact) mass is 495 g/mol. The average Bonchev–Trinajstić information content (AvgIpc) is 2.75. The normalized spacial score (nSPS) is 16.0. The van der Waals surface area contributed by atoms with Gasteiger partial charge in [-0.2, -0.15) is 4.31 Å². The summed E-state index contributed by atoms with van der Waals surface area (Å²) in [5.74, 6) is 0.612. The Hall–Kier alpha value is -1.71. The van der Waals surface area contributed by atoms with E-state index >= 15 is 0 Å². The zero-order chi connectivity index (χ0) is 23.3. The van der Waals surface area contributed by atoms with Crippen molar-refractivity contribution in [1.82, 2.24) is 9.62 Å². The Bertz CT molecular complexity index is 1040. The first-order valence-corrected chi connectivity index (χ1v) is 12.9. The van der Waals surface area contributed by atoms with Crippen molar-refractivity contribution in [3.8, 4) is 0 Å². The van der Waals surface area contributed by atoms with E-state index in [-0.39, 0.29) is 10.9 Å². The molecule has 9 heteroatoms. The van der Waals surface area contributed by atoms with Gasteiger partial charge in [0.25, 0.3) is 0 Å². The average molecular weight is 496 g/mol. The van der Waals surface area contributed by atoms with Crippen molar-refractivity contribution in [2.24, 2.45) is 5.92 Å². The van der Waals surface area contributed by atoms with E-state index in [1.807, 2.05) is 6.92 Å². The van der Waals surface area contributed by atoms with Crippen molar-refractivity contribution >= 4 is 44.6 Å². The Labute approximate surface area is 201 Å². The van der Waals surface area contributed by atoms with Crippen LogP contribution < -0.4 is 10.6 Å². The summed E-state index contributed by atoms with van der Waals surface area (Å²) < 4.78 is 32.6. The molecule has 1 saturated heterocycles. The van der Waals surface area contributed by atoms with Gasteiger partial charge in [0.05, 0.1) is 34.9 Å². The summed E-state index contributed by atoms with van der Waals surface area (Å²) in [6.07, 6.45) is 1.05. The number of anilines is 1. The fraction of sp³-hybridized carbons (Fsp3) is 0.435. The smallest absolute Gasteiger partial charge is 0.243 e. The minimum Gasteiger partial charge on any atom is -0.379 e. The van der Waals surface area contributed by atoms with Crippen molar-refractivity contribution in [2.45, 2.75) is 38.1 Å². The first-order chi connectivity index (χ1) is 15.2. The summed E-state index contributed by atoms with van der Waals surface area (Å²) in [5, 5.41) is 7.04. The van der Waals surface area contributed by atoms with E-state index < -0.39 is 10.0 Å². The third kappa shape index (κ3) is 6.42. The zero-order valence-electron chi connectivity index (χ0n) is 18.6. The lowest BCUT2D eigenvalue weighted by atomic mass is 10.00. The van der Waals surface area contributed by atoms with E-state index in [9.17, 15) is 8.42 Å². The van der Waals surface area contributed by atoms with Gasteiger partial charge in [0.2, 0.25) is 10.0 Å². The molecule has 1 aliphatic rings. The summed E-state index contributed by atoms with van der Waals surface area (Å²) in [7, 11) is -3.63. The number of rotatable bonds is 7. The van der Waals surface area contributed by atoms with Gasteiger partial charge in [0, 0.05) is 13.1 Å². The van der Waals surface area contributed by atoms with Crippen LogP contribution >= 0.6 is 23.8 Å². The lowest BCUT2D eigenvalue weighted by Gasteiger charge is -2.26. The summed E-state index contributed by atoms with van der Waals surface area (Å²) in [6, 6.07) is 13.0. The third-order valence-corrected chi connectivity index (χ3v) is 7.71. The maximum atomic E-state index is 12.9. The topological polar surface area (TPSA) is 70.7 Å². The van der Waals surface area contributed by atoms with Gasteiger partial charge in [-0.05, 0) is 60.8 Å². The standard InChI is InChI=1S/C23H30ClN3O3S2/c1-16(2)14-18-4-6-19(7-5-18)17(3)25-23(31)26-22-15-20(8-9-21(22)24)32(28,29)27-10-12-30-13-11-27/h4-9,15-17H,10-14H2,1-3H3,(H2,25,26,31). The number of halogens is 1. The molecule has 1 fully saturated rings. The molecular formula is C23H30ClN3O3S2. The molecule has 2 N–H and O–H groups in total. The van der Waals surface area contributed by atoms with Crippen LogP contribution in [0.1, 0.15) is 37.9 Å². The van der Waals surface area contributed by atoms with E-state index in [1.54, 1.807) is 6.07 Å². The minimum atomic E-state index is -3.63. The first kappa shape index (κ1) is 24.9. The molecule has 32 heavy (non-hydrogen) atoms. The number of ether oxygens (including phenoxy) is 1. The first-order valence-electron chi connectivity index (χ1n) is 10.7. The van der Waals surface area contributed by atoms with Crippen LogP contribution in [0.5, 0.6) is 0 Å². The number of sulfonamides is 1. The van der Waals surface area contributed by atoms with Crippen molar-refractivity contribution in [2.75, 3.05) is 31.6 Å². The summed E-state index contributed by atoms with van der Waals surface area (Å²) in [5.41, 5.74) is 2.86. The quantitative estimate of drug-likeness (QED) is 0.547. The van der Waals surface area contributed by atoms with E-state index in [2.05, 4.69) is 48.7 Å². The highest BCUT2D eigenvalue weighted by molar-refractivity contribution is 7.89. The number of morpholine rings is 1. The molecule has 0 bridgehead atoms. The van der Waals surface area contributed by atoms with Gasteiger partial charge in [-0.1, -0.05) is 49.7 Å². The third-order valence-electron chi connectivity index (χ3n) is 5.27. The number of hydrogen-bond acceptors (Lipinski definition) is 4. The van der Waals surface area contributed by atoms with Gasteiger partial charge in [-0.3, -0.25) is 0 Å². The molecule has 1 aliphatic heterocycles. The highest BCUT2D eigenvalue weighted by Crippen LogP contribution is 2.27. The van der Waals surface area contributed by atoms with Crippen molar-refractivity contribution in [3.05, 3.63) is 58.6 Å². The predicted molar refractivity (Wildman–Crippen MR) is 134 cm³/mol. The molecule has 2 aromatic rings. The van der Waals surface area contributed by atoms with E-state index in [4.69, 9.17) is 28.6 Å². The van der Waals surface area contributed by atoms with Gasteiger partial charge >= 0.3 is 0 Å². The van der Waals surface area contributed by atoms with Crippen LogP contribution in [0, 0.1) is 5.92 Å². The predicted octanol–water partition coefficient (Wildman–Crippen LogP) is 4.61. The number of hydrogen-bond donors (Lipinski definition) is 2. The molecule has 1 heterocycles. The van der Waals surface area contributed by atoms with Crippen LogP contribution in [0.4, 0.5) is 5.69 Å². The Balaban J connectivity index is 1.67. The van der Waals surface area contributed by atoms with Crippen LogP contribution in [0.2, 0.25) is 5.02 Å². The Morgan fingerprint density at radius 1 is 1.12 bits per heavy atom.